The van der Waals surface area contributed by atoms with Crippen LogP contribution in [0.15, 0.2) is 73.1 Å². The van der Waals surface area contributed by atoms with Gasteiger partial charge in [0.2, 0.25) is 11.8 Å². The minimum absolute atomic E-state index is 0.205. The van der Waals surface area contributed by atoms with Crippen LogP contribution in [0, 0.1) is 0 Å². The number of benzene rings is 2. The second kappa shape index (κ2) is 13.0. The van der Waals surface area contributed by atoms with Gasteiger partial charge in [0, 0.05) is 41.7 Å². The summed E-state index contributed by atoms with van der Waals surface area (Å²) >= 11 is 13.6. The topological polar surface area (TPSA) is 123 Å². The van der Waals surface area contributed by atoms with E-state index in [1.165, 1.54) is 20.1 Å². The number of carbonyl (C=O) groups excluding carboxylic acids is 2. The second-order valence-corrected chi connectivity index (χ2v) is 10.3. The van der Waals surface area contributed by atoms with Crippen LogP contribution in [0.25, 0.3) is 22.8 Å². The van der Waals surface area contributed by atoms with Gasteiger partial charge in [-0.25, -0.2) is 4.98 Å². The van der Waals surface area contributed by atoms with E-state index in [0.29, 0.717) is 50.0 Å². The van der Waals surface area contributed by atoms with E-state index >= 15 is 0 Å². The fourth-order valence-electron chi connectivity index (χ4n) is 4.50. The van der Waals surface area contributed by atoms with Crippen LogP contribution in [0.2, 0.25) is 10.0 Å². The van der Waals surface area contributed by atoms with Gasteiger partial charge in [-0.05, 0) is 67.1 Å². The maximum Gasteiger partial charge on any atom is 0.294 e. The third-order valence-corrected chi connectivity index (χ3v) is 7.24. The van der Waals surface area contributed by atoms with Crippen LogP contribution in [0.4, 0.5) is 5.82 Å². The largest absolute Gasteiger partial charge is 0.484 e. The van der Waals surface area contributed by atoms with Crippen LogP contribution in [-0.2, 0) is 16.1 Å². The quantitative estimate of drug-likeness (QED) is 0.154. The number of fused-ring (bicyclic) bond motifs is 1. The summed E-state index contributed by atoms with van der Waals surface area (Å²) in [5.74, 6) is 0.505. The summed E-state index contributed by atoms with van der Waals surface area (Å²) in [5.41, 5.74) is 4.23. The highest BCUT2D eigenvalue weighted by Crippen LogP contribution is 2.38. The molecular weight excluding hydrogens is 591 g/mol. The number of halogens is 2. The molecule has 10 nitrogen and oxygen atoms in total. The smallest absolute Gasteiger partial charge is 0.294 e. The number of anilines is 1. The number of nitrogens with zero attached hydrogens (tertiary/aromatic N) is 3. The molecule has 2 aromatic carbocycles. The highest BCUT2D eigenvalue weighted by molar-refractivity contribution is 6.37. The molecule has 0 bridgehead atoms. The number of aromatic nitrogens is 4. The van der Waals surface area contributed by atoms with Crippen molar-refractivity contribution in [2.45, 2.75) is 26.5 Å². The molecule has 0 saturated carbocycles. The summed E-state index contributed by atoms with van der Waals surface area (Å²) in [6, 6.07) is 16.7. The Balaban J connectivity index is 1.30. The Hall–Kier alpha value is -4.80. The molecule has 0 aliphatic carbocycles. The van der Waals surface area contributed by atoms with Gasteiger partial charge in [0.25, 0.3) is 6.01 Å². The fourth-order valence-corrected chi connectivity index (χ4v) is 5.27. The number of amides is 2. The highest BCUT2D eigenvalue weighted by Gasteiger charge is 2.21. The van der Waals surface area contributed by atoms with E-state index in [1.54, 1.807) is 30.5 Å². The van der Waals surface area contributed by atoms with Crippen molar-refractivity contribution in [2.75, 3.05) is 12.4 Å². The number of carbonyl (C=O) groups is 2. The minimum atomic E-state index is -0.515. The zero-order valence-electron chi connectivity index (χ0n) is 23.5. The van der Waals surface area contributed by atoms with Crippen molar-refractivity contribution in [2.24, 2.45) is 0 Å². The number of hydrogen-bond donors (Lipinski definition) is 3. The van der Waals surface area contributed by atoms with Gasteiger partial charge in [0.15, 0.2) is 0 Å². The number of pyridine rings is 1. The number of imidazole rings is 1. The number of nitrogens with one attached hydrogen (secondary N) is 3. The summed E-state index contributed by atoms with van der Waals surface area (Å²) in [6.07, 6.45) is 5.98. The lowest BCUT2D eigenvalue weighted by molar-refractivity contribution is -0.116. The first-order chi connectivity index (χ1) is 20.7. The molecule has 0 radical (unpaired) electrons. The normalized spacial score (nSPS) is 11.9. The second-order valence-electron chi connectivity index (χ2n) is 9.53. The van der Waals surface area contributed by atoms with Crippen molar-refractivity contribution in [3.8, 4) is 17.4 Å². The molecule has 0 spiro atoms. The van der Waals surface area contributed by atoms with Gasteiger partial charge in [-0.15, -0.1) is 0 Å². The van der Waals surface area contributed by atoms with Gasteiger partial charge in [-0.3, -0.25) is 9.59 Å². The van der Waals surface area contributed by atoms with E-state index < -0.39 is 6.10 Å². The van der Waals surface area contributed by atoms with E-state index in [-0.39, 0.29) is 18.4 Å². The zero-order valence-corrected chi connectivity index (χ0v) is 25.0. The van der Waals surface area contributed by atoms with Gasteiger partial charge in [0.05, 0.1) is 29.9 Å². The standard InChI is InChI=1S/C31H28Cl2N6O4/c1-18(43-25-8-4-7-23-30(25)38-31(37-23)42-3)28-22(32)11-12-24(29(28)33)39-15-5-6-21(39)17-35-27(41)14-10-20-9-13-26(34-16-20)36-19(2)40/h4-16,18H,17H2,1-3H3,(H,35,41)(H,37,38)(H,34,36,40). The zero-order chi connectivity index (χ0) is 30.5. The molecule has 0 fully saturated rings. The van der Waals surface area contributed by atoms with Gasteiger partial charge in [0.1, 0.15) is 23.2 Å². The van der Waals surface area contributed by atoms with Gasteiger partial charge >= 0.3 is 0 Å². The molecule has 3 N–H and O–H groups in total. The molecule has 1 atom stereocenters. The molecule has 220 valence electrons. The Labute approximate surface area is 257 Å². The molecule has 0 aliphatic rings. The van der Waals surface area contributed by atoms with E-state index in [4.69, 9.17) is 32.7 Å². The van der Waals surface area contributed by atoms with Gasteiger partial charge < -0.3 is 29.7 Å². The average molecular weight is 620 g/mol. The Kier molecular flexibility index (Phi) is 8.98. The van der Waals surface area contributed by atoms with Crippen molar-refractivity contribution in [3.05, 3.63) is 99.9 Å². The summed E-state index contributed by atoms with van der Waals surface area (Å²) < 4.78 is 13.4. The molecule has 0 saturated heterocycles. The third-order valence-electron chi connectivity index (χ3n) is 6.52. The SMILES string of the molecule is COc1nc2c(OC(C)c3c(Cl)ccc(-n4cccc4CNC(=O)C=Cc4ccc(NC(C)=O)nc4)c3Cl)cccc2[nH]1. The summed E-state index contributed by atoms with van der Waals surface area (Å²) in [4.78, 5) is 35.4. The first kappa shape index (κ1) is 29.7. The predicted octanol–water partition coefficient (Wildman–Crippen LogP) is 6.49. The summed E-state index contributed by atoms with van der Waals surface area (Å²) in [7, 11) is 1.54. The van der Waals surface area contributed by atoms with Crippen molar-refractivity contribution in [3.63, 3.8) is 0 Å². The van der Waals surface area contributed by atoms with E-state index in [9.17, 15) is 9.59 Å². The van der Waals surface area contributed by atoms with E-state index in [1.807, 2.05) is 54.1 Å². The van der Waals surface area contributed by atoms with Crippen LogP contribution in [0.3, 0.4) is 0 Å². The number of ether oxygens (including phenoxy) is 2. The van der Waals surface area contributed by atoms with Crippen LogP contribution in [0.1, 0.15) is 36.8 Å². The molecule has 1 unspecified atom stereocenters. The Morgan fingerprint density at radius 2 is 1.95 bits per heavy atom. The monoisotopic (exact) mass is 618 g/mol. The van der Waals surface area contributed by atoms with Crippen LogP contribution in [0.5, 0.6) is 11.8 Å². The predicted molar refractivity (Wildman–Crippen MR) is 167 cm³/mol. The number of methoxy groups -OCH3 is 1. The minimum Gasteiger partial charge on any atom is -0.484 e. The van der Waals surface area contributed by atoms with Crippen molar-refractivity contribution in [1.29, 1.82) is 0 Å². The maximum absolute atomic E-state index is 12.6. The van der Waals surface area contributed by atoms with Gasteiger partial charge in [-0.1, -0.05) is 29.3 Å². The number of hydrogen-bond acceptors (Lipinski definition) is 6. The van der Waals surface area contributed by atoms with Gasteiger partial charge in [-0.2, -0.15) is 4.98 Å². The highest BCUT2D eigenvalue weighted by atomic mass is 35.5. The molecule has 3 heterocycles. The molecule has 43 heavy (non-hydrogen) atoms. The first-order valence-electron chi connectivity index (χ1n) is 13.3. The van der Waals surface area contributed by atoms with Crippen molar-refractivity contribution < 1.29 is 19.1 Å². The fraction of sp³-hybridized carbons (Fsp3) is 0.161. The first-order valence-corrected chi connectivity index (χ1v) is 14.0. The lowest BCUT2D eigenvalue weighted by Crippen LogP contribution is -2.21. The molecule has 5 aromatic rings. The van der Waals surface area contributed by atoms with Crippen LogP contribution < -0.4 is 20.1 Å². The molecule has 12 heteroatoms. The lowest BCUT2D eigenvalue weighted by atomic mass is 10.1. The number of rotatable bonds is 10. The van der Waals surface area contributed by atoms with E-state index in [2.05, 4.69) is 25.6 Å². The molecule has 3 aromatic heterocycles. The molecule has 2 amide bonds. The van der Waals surface area contributed by atoms with Crippen molar-refractivity contribution >= 4 is 57.9 Å². The summed E-state index contributed by atoms with van der Waals surface area (Å²) in [5, 5.41) is 6.37. The number of H-pyrrole nitrogens is 1. The molecular formula is C31H28Cl2N6O4. The third kappa shape index (κ3) is 6.82. The average Bonchev–Trinajstić information content (AvgIpc) is 3.63. The molecule has 0 aliphatic heterocycles. The number of aromatic amines is 1. The van der Waals surface area contributed by atoms with Crippen LogP contribution >= 0.6 is 23.2 Å². The number of para-hydroxylation sites is 1. The molecule has 5 rings (SSSR count). The van der Waals surface area contributed by atoms with Crippen molar-refractivity contribution in [1.82, 2.24) is 24.8 Å². The Bertz CT molecular complexity index is 1810. The van der Waals surface area contributed by atoms with Crippen LogP contribution in [-0.4, -0.2) is 38.4 Å². The Morgan fingerprint density at radius 3 is 2.70 bits per heavy atom. The maximum atomic E-state index is 12.6. The lowest BCUT2D eigenvalue weighted by Gasteiger charge is -2.21. The summed E-state index contributed by atoms with van der Waals surface area (Å²) in [6.45, 7) is 3.53. The van der Waals surface area contributed by atoms with E-state index in [0.717, 1.165) is 11.2 Å². The Morgan fingerprint density at radius 1 is 1.12 bits per heavy atom.